The van der Waals surface area contributed by atoms with Gasteiger partial charge in [-0.05, 0) is 30.7 Å². The van der Waals surface area contributed by atoms with Crippen LogP contribution in [0.1, 0.15) is 20.3 Å². The van der Waals surface area contributed by atoms with E-state index in [2.05, 4.69) is 54.0 Å². The standard InChI is InChI=1S/C11H16BrNS/c1-3-11(13)8(2)14-10-6-4-9(12)5-7-10/h4-8,11H,3,13H2,1-2H3. The first-order valence-corrected chi connectivity index (χ1v) is 6.48. The second-order valence-corrected chi connectivity index (χ2v) is 5.72. The van der Waals surface area contributed by atoms with Crippen LogP contribution in [0, 0.1) is 0 Å². The summed E-state index contributed by atoms with van der Waals surface area (Å²) in [4.78, 5) is 1.28. The number of nitrogens with two attached hydrogens (primary N) is 1. The molecule has 0 bridgehead atoms. The molecule has 2 N–H and O–H groups in total. The van der Waals surface area contributed by atoms with Gasteiger partial charge < -0.3 is 5.73 Å². The van der Waals surface area contributed by atoms with Crippen LogP contribution in [0.3, 0.4) is 0 Å². The first-order valence-electron chi connectivity index (χ1n) is 4.81. The van der Waals surface area contributed by atoms with E-state index in [0.29, 0.717) is 5.25 Å². The summed E-state index contributed by atoms with van der Waals surface area (Å²) in [5, 5.41) is 0.473. The summed E-state index contributed by atoms with van der Waals surface area (Å²) >= 11 is 5.26. The molecule has 1 aromatic rings. The Morgan fingerprint density at radius 1 is 1.36 bits per heavy atom. The number of thioether (sulfide) groups is 1. The molecule has 1 aromatic carbocycles. The Labute approximate surface area is 98.6 Å². The van der Waals surface area contributed by atoms with Crippen LogP contribution < -0.4 is 5.73 Å². The average molecular weight is 274 g/mol. The normalized spacial score (nSPS) is 15.1. The van der Waals surface area contributed by atoms with Crippen LogP contribution in [0.25, 0.3) is 0 Å². The van der Waals surface area contributed by atoms with Crippen LogP contribution in [0.15, 0.2) is 33.6 Å². The molecule has 0 aliphatic heterocycles. The number of hydrogen-bond donors (Lipinski definition) is 1. The van der Waals surface area contributed by atoms with Crippen molar-refractivity contribution in [1.82, 2.24) is 0 Å². The van der Waals surface area contributed by atoms with Gasteiger partial charge >= 0.3 is 0 Å². The lowest BCUT2D eigenvalue weighted by Crippen LogP contribution is -2.29. The fraction of sp³-hybridized carbons (Fsp3) is 0.455. The molecule has 0 spiro atoms. The van der Waals surface area contributed by atoms with Crippen molar-refractivity contribution in [1.29, 1.82) is 0 Å². The first-order chi connectivity index (χ1) is 6.63. The molecule has 0 aliphatic carbocycles. The molecule has 3 heteroatoms. The Hall–Kier alpha value is 0.01000. The van der Waals surface area contributed by atoms with E-state index < -0.39 is 0 Å². The molecule has 1 rings (SSSR count). The summed E-state index contributed by atoms with van der Waals surface area (Å²) in [5.41, 5.74) is 5.96. The van der Waals surface area contributed by atoms with Gasteiger partial charge in [-0.25, -0.2) is 0 Å². The van der Waals surface area contributed by atoms with E-state index in [0.717, 1.165) is 10.9 Å². The Bertz CT molecular complexity index is 273. The number of halogens is 1. The lowest BCUT2D eigenvalue weighted by molar-refractivity contribution is 0.642. The molecule has 0 fully saturated rings. The molecule has 78 valence electrons. The Morgan fingerprint density at radius 2 is 1.93 bits per heavy atom. The molecule has 0 heterocycles. The third-order valence-electron chi connectivity index (χ3n) is 2.21. The second-order valence-electron chi connectivity index (χ2n) is 3.35. The van der Waals surface area contributed by atoms with Gasteiger partial charge in [-0.2, -0.15) is 0 Å². The molecule has 0 aromatic heterocycles. The first kappa shape index (κ1) is 12.1. The van der Waals surface area contributed by atoms with E-state index in [1.54, 1.807) is 0 Å². The maximum Gasteiger partial charge on any atom is 0.0217 e. The van der Waals surface area contributed by atoms with Gasteiger partial charge in [0.05, 0.1) is 0 Å². The highest BCUT2D eigenvalue weighted by molar-refractivity contribution is 9.10. The molecule has 1 nitrogen and oxygen atoms in total. The summed E-state index contributed by atoms with van der Waals surface area (Å²) in [7, 11) is 0. The molecule has 2 atom stereocenters. The van der Waals surface area contributed by atoms with Crippen molar-refractivity contribution in [2.45, 2.75) is 36.5 Å². The molecule has 14 heavy (non-hydrogen) atoms. The smallest absolute Gasteiger partial charge is 0.0217 e. The molecule has 0 amide bonds. The Morgan fingerprint density at radius 3 is 2.43 bits per heavy atom. The van der Waals surface area contributed by atoms with Crippen molar-refractivity contribution in [3.63, 3.8) is 0 Å². The monoisotopic (exact) mass is 273 g/mol. The second kappa shape index (κ2) is 5.79. The predicted molar refractivity (Wildman–Crippen MR) is 67.7 cm³/mol. The van der Waals surface area contributed by atoms with Gasteiger partial charge in [0.25, 0.3) is 0 Å². The molecular weight excluding hydrogens is 258 g/mol. The van der Waals surface area contributed by atoms with Gasteiger partial charge in [0, 0.05) is 20.7 Å². The molecule has 0 saturated carbocycles. The lowest BCUT2D eigenvalue weighted by atomic mass is 10.2. The predicted octanol–water partition coefficient (Wildman–Crippen LogP) is 3.67. The number of rotatable bonds is 4. The molecule has 0 aliphatic rings. The van der Waals surface area contributed by atoms with Gasteiger partial charge in [0.1, 0.15) is 0 Å². The lowest BCUT2D eigenvalue weighted by Gasteiger charge is -2.17. The van der Waals surface area contributed by atoms with E-state index in [-0.39, 0.29) is 6.04 Å². The fourth-order valence-electron chi connectivity index (χ4n) is 1.15. The third-order valence-corrected chi connectivity index (χ3v) is 4.00. The van der Waals surface area contributed by atoms with Crippen molar-refractivity contribution in [2.24, 2.45) is 5.73 Å². The zero-order chi connectivity index (χ0) is 10.6. The van der Waals surface area contributed by atoms with E-state index >= 15 is 0 Å². The maximum absolute atomic E-state index is 5.96. The minimum Gasteiger partial charge on any atom is -0.327 e. The highest BCUT2D eigenvalue weighted by Gasteiger charge is 2.11. The highest BCUT2D eigenvalue weighted by Crippen LogP contribution is 2.26. The third kappa shape index (κ3) is 3.64. The minimum absolute atomic E-state index is 0.281. The van der Waals surface area contributed by atoms with Crippen molar-refractivity contribution in [3.8, 4) is 0 Å². The van der Waals surface area contributed by atoms with Crippen LogP contribution in [-0.4, -0.2) is 11.3 Å². The summed E-state index contributed by atoms with van der Waals surface area (Å²) in [6.07, 6.45) is 1.03. The van der Waals surface area contributed by atoms with Crippen LogP contribution in [0.2, 0.25) is 0 Å². The topological polar surface area (TPSA) is 26.0 Å². The van der Waals surface area contributed by atoms with E-state index in [1.807, 2.05) is 11.8 Å². The number of hydrogen-bond acceptors (Lipinski definition) is 2. The van der Waals surface area contributed by atoms with Crippen molar-refractivity contribution in [2.75, 3.05) is 0 Å². The zero-order valence-corrected chi connectivity index (χ0v) is 10.9. The molecule has 2 unspecified atom stereocenters. The van der Waals surface area contributed by atoms with Gasteiger partial charge in [-0.1, -0.05) is 29.8 Å². The van der Waals surface area contributed by atoms with Crippen LogP contribution in [0.5, 0.6) is 0 Å². The Balaban J connectivity index is 2.56. The summed E-state index contributed by atoms with van der Waals surface area (Å²) < 4.78 is 1.12. The van der Waals surface area contributed by atoms with E-state index in [4.69, 9.17) is 5.73 Å². The van der Waals surface area contributed by atoms with Gasteiger partial charge in [-0.3, -0.25) is 0 Å². The van der Waals surface area contributed by atoms with Crippen LogP contribution in [-0.2, 0) is 0 Å². The average Bonchev–Trinajstić information content (AvgIpc) is 2.20. The molecular formula is C11H16BrNS. The van der Waals surface area contributed by atoms with Crippen molar-refractivity contribution < 1.29 is 0 Å². The van der Waals surface area contributed by atoms with E-state index in [9.17, 15) is 0 Å². The molecule has 0 saturated heterocycles. The highest BCUT2D eigenvalue weighted by atomic mass is 79.9. The molecule has 0 radical (unpaired) electrons. The van der Waals surface area contributed by atoms with Crippen LogP contribution in [0.4, 0.5) is 0 Å². The number of benzene rings is 1. The summed E-state index contributed by atoms with van der Waals surface area (Å²) in [6, 6.07) is 8.64. The summed E-state index contributed by atoms with van der Waals surface area (Å²) in [5.74, 6) is 0. The minimum atomic E-state index is 0.281. The van der Waals surface area contributed by atoms with E-state index in [1.165, 1.54) is 4.90 Å². The quantitative estimate of drug-likeness (QED) is 0.848. The zero-order valence-electron chi connectivity index (χ0n) is 8.53. The Kier molecular flexibility index (Phi) is 4.99. The maximum atomic E-state index is 5.96. The van der Waals surface area contributed by atoms with Crippen molar-refractivity contribution in [3.05, 3.63) is 28.7 Å². The summed E-state index contributed by atoms with van der Waals surface area (Å²) in [6.45, 7) is 4.31. The SMILES string of the molecule is CCC(N)C(C)Sc1ccc(Br)cc1. The van der Waals surface area contributed by atoms with Gasteiger partial charge in [0.2, 0.25) is 0 Å². The van der Waals surface area contributed by atoms with Crippen LogP contribution >= 0.6 is 27.7 Å². The van der Waals surface area contributed by atoms with Gasteiger partial charge in [-0.15, -0.1) is 11.8 Å². The van der Waals surface area contributed by atoms with Gasteiger partial charge in [0.15, 0.2) is 0 Å². The largest absolute Gasteiger partial charge is 0.327 e. The fourth-order valence-corrected chi connectivity index (χ4v) is 2.50. The van der Waals surface area contributed by atoms with Crippen molar-refractivity contribution >= 4 is 27.7 Å².